The van der Waals surface area contributed by atoms with Gasteiger partial charge < -0.3 is 11.1 Å². The van der Waals surface area contributed by atoms with E-state index in [0.717, 1.165) is 6.26 Å². The number of sulfonamides is 1. The van der Waals surface area contributed by atoms with Crippen LogP contribution in [0.15, 0.2) is 83.8 Å². The third kappa shape index (κ3) is 5.54. The molecule has 0 unspecified atom stereocenters. The van der Waals surface area contributed by atoms with Crippen LogP contribution in [-0.2, 0) is 10.0 Å². The number of aromatic nitrogens is 4. The molecule has 5 rings (SSSR count). The number of hydrogen-bond acceptors (Lipinski definition) is 8. The molecule has 2 aromatic heterocycles. The molecule has 0 saturated heterocycles. The Morgan fingerprint density at radius 1 is 1.00 bits per heavy atom. The number of para-hydroxylation sites is 1. The zero-order valence-electron chi connectivity index (χ0n) is 21.0. The molecule has 12 heteroatoms. The molecular formula is C27H24ClN7O3S. The summed E-state index contributed by atoms with van der Waals surface area (Å²) in [5, 5.41) is 3.96. The second-order valence-corrected chi connectivity index (χ2v) is 11.0. The number of anilines is 3. The maximum absolute atomic E-state index is 13.7. The highest BCUT2D eigenvalue weighted by molar-refractivity contribution is 7.92. The molecule has 0 bridgehead atoms. The van der Waals surface area contributed by atoms with E-state index in [-0.39, 0.29) is 11.5 Å². The SMILES string of the molecule is C[C@H](Nc1nc(N)ncc1-c1cccc(NS(C)(=O)=O)c1)c1nc2cccc(Cl)c2c(=O)n1-c1ccccc1. The summed E-state index contributed by atoms with van der Waals surface area (Å²) in [5.74, 6) is 0.848. The van der Waals surface area contributed by atoms with Gasteiger partial charge in [-0.25, -0.2) is 18.4 Å². The lowest BCUT2D eigenvalue weighted by Gasteiger charge is -2.21. The van der Waals surface area contributed by atoms with Gasteiger partial charge in [0, 0.05) is 17.4 Å². The molecule has 39 heavy (non-hydrogen) atoms. The van der Waals surface area contributed by atoms with Crippen molar-refractivity contribution in [1.29, 1.82) is 0 Å². The minimum atomic E-state index is -3.47. The monoisotopic (exact) mass is 561 g/mol. The van der Waals surface area contributed by atoms with Gasteiger partial charge in [0.1, 0.15) is 11.6 Å². The number of nitrogens with two attached hydrogens (primary N) is 1. The Hall–Kier alpha value is -4.48. The summed E-state index contributed by atoms with van der Waals surface area (Å²) < 4.78 is 27.5. The number of fused-ring (bicyclic) bond motifs is 1. The second kappa shape index (κ2) is 10.4. The molecule has 3 aromatic carbocycles. The minimum Gasteiger partial charge on any atom is -0.368 e. The summed E-state index contributed by atoms with van der Waals surface area (Å²) in [6.45, 7) is 1.85. The zero-order valence-corrected chi connectivity index (χ0v) is 22.5. The molecule has 0 radical (unpaired) electrons. The van der Waals surface area contributed by atoms with Crippen molar-refractivity contribution in [3.8, 4) is 16.8 Å². The Morgan fingerprint density at radius 3 is 2.49 bits per heavy atom. The van der Waals surface area contributed by atoms with Crippen LogP contribution in [0.2, 0.25) is 5.02 Å². The van der Waals surface area contributed by atoms with Crippen molar-refractivity contribution in [3.63, 3.8) is 0 Å². The average Bonchev–Trinajstić information content (AvgIpc) is 2.88. The molecule has 198 valence electrons. The van der Waals surface area contributed by atoms with Crippen LogP contribution in [0.4, 0.5) is 17.5 Å². The van der Waals surface area contributed by atoms with E-state index in [4.69, 9.17) is 22.3 Å². The highest BCUT2D eigenvalue weighted by atomic mass is 35.5. The van der Waals surface area contributed by atoms with E-state index in [1.807, 2.05) is 37.3 Å². The Balaban J connectivity index is 1.63. The van der Waals surface area contributed by atoms with Gasteiger partial charge in [-0.1, -0.05) is 48.0 Å². The van der Waals surface area contributed by atoms with Gasteiger partial charge in [-0.2, -0.15) is 4.98 Å². The van der Waals surface area contributed by atoms with E-state index >= 15 is 0 Å². The van der Waals surface area contributed by atoms with Crippen LogP contribution < -0.4 is 21.3 Å². The number of halogens is 1. The van der Waals surface area contributed by atoms with E-state index in [1.165, 1.54) is 4.57 Å². The lowest BCUT2D eigenvalue weighted by molar-refractivity contribution is 0.607. The highest BCUT2D eigenvalue weighted by Crippen LogP contribution is 2.31. The predicted octanol–water partition coefficient (Wildman–Crippen LogP) is 4.62. The molecule has 0 aliphatic heterocycles. The summed E-state index contributed by atoms with van der Waals surface area (Å²) in [4.78, 5) is 27.1. The molecule has 0 fully saturated rings. The maximum Gasteiger partial charge on any atom is 0.267 e. The topological polar surface area (TPSA) is 145 Å². The van der Waals surface area contributed by atoms with Crippen LogP contribution in [0.5, 0.6) is 0 Å². The molecule has 1 atom stereocenters. The fourth-order valence-corrected chi connectivity index (χ4v) is 5.08. The molecule has 0 aliphatic rings. The van der Waals surface area contributed by atoms with Crippen molar-refractivity contribution in [1.82, 2.24) is 19.5 Å². The predicted molar refractivity (Wildman–Crippen MR) is 155 cm³/mol. The van der Waals surface area contributed by atoms with Crippen molar-refractivity contribution in [2.75, 3.05) is 22.0 Å². The fourth-order valence-electron chi connectivity index (χ4n) is 4.27. The van der Waals surface area contributed by atoms with Gasteiger partial charge in [0.05, 0.1) is 33.9 Å². The fraction of sp³-hybridized carbons (Fsp3) is 0.111. The number of nitrogens with zero attached hydrogens (tertiary/aromatic N) is 4. The number of hydrogen-bond donors (Lipinski definition) is 3. The summed E-state index contributed by atoms with van der Waals surface area (Å²) in [6.07, 6.45) is 2.63. The van der Waals surface area contributed by atoms with Crippen molar-refractivity contribution >= 4 is 50.0 Å². The molecular weight excluding hydrogens is 538 g/mol. The van der Waals surface area contributed by atoms with Gasteiger partial charge >= 0.3 is 0 Å². The second-order valence-electron chi connectivity index (χ2n) is 8.89. The molecule has 10 nitrogen and oxygen atoms in total. The van der Waals surface area contributed by atoms with Crippen molar-refractivity contribution < 1.29 is 8.42 Å². The normalized spacial score (nSPS) is 12.3. The largest absolute Gasteiger partial charge is 0.368 e. The number of nitrogen functional groups attached to an aromatic ring is 1. The van der Waals surface area contributed by atoms with Crippen LogP contribution in [0.25, 0.3) is 27.7 Å². The van der Waals surface area contributed by atoms with Crippen molar-refractivity contribution in [3.05, 3.63) is 100 Å². The number of nitrogens with one attached hydrogen (secondary N) is 2. The lowest BCUT2D eigenvalue weighted by Crippen LogP contribution is -2.27. The highest BCUT2D eigenvalue weighted by Gasteiger charge is 2.21. The van der Waals surface area contributed by atoms with Gasteiger partial charge in [-0.15, -0.1) is 0 Å². The molecule has 0 aliphatic carbocycles. The van der Waals surface area contributed by atoms with Gasteiger partial charge in [-0.05, 0) is 48.9 Å². The van der Waals surface area contributed by atoms with Gasteiger partial charge in [0.25, 0.3) is 5.56 Å². The van der Waals surface area contributed by atoms with Crippen molar-refractivity contribution in [2.24, 2.45) is 0 Å². The van der Waals surface area contributed by atoms with E-state index in [9.17, 15) is 13.2 Å². The van der Waals surface area contributed by atoms with E-state index in [0.29, 0.717) is 50.1 Å². The average molecular weight is 562 g/mol. The Labute approximate surface area is 229 Å². The molecule has 4 N–H and O–H groups in total. The van der Waals surface area contributed by atoms with Gasteiger partial charge in [0.15, 0.2) is 0 Å². The molecule has 0 spiro atoms. The molecule has 0 amide bonds. The first-order chi connectivity index (χ1) is 18.6. The Bertz CT molecular complexity index is 1860. The summed E-state index contributed by atoms with van der Waals surface area (Å²) in [5.41, 5.74) is 8.33. The summed E-state index contributed by atoms with van der Waals surface area (Å²) >= 11 is 6.40. The number of benzene rings is 3. The third-order valence-electron chi connectivity index (χ3n) is 5.91. The van der Waals surface area contributed by atoms with Crippen LogP contribution >= 0.6 is 11.6 Å². The van der Waals surface area contributed by atoms with Crippen LogP contribution in [0.3, 0.4) is 0 Å². The van der Waals surface area contributed by atoms with E-state index < -0.39 is 16.1 Å². The minimum absolute atomic E-state index is 0.0394. The van der Waals surface area contributed by atoms with Crippen LogP contribution in [-0.4, -0.2) is 34.2 Å². The first-order valence-electron chi connectivity index (χ1n) is 11.8. The van der Waals surface area contributed by atoms with Crippen molar-refractivity contribution in [2.45, 2.75) is 13.0 Å². The Kier molecular flexibility index (Phi) is 6.94. The zero-order chi connectivity index (χ0) is 27.7. The van der Waals surface area contributed by atoms with Gasteiger partial charge in [-0.3, -0.25) is 14.1 Å². The quantitative estimate of drug-likeness (QED) is 0.261. The smallest absolute Gasteiger partial charge is 0.267 e. The summed E-state index contributed by atoms with van der Waals surface area (Å²) in [6, 6.07) is 20.6. The van der Waals surface area contributed by atoms with E-state index in [2.05, 4.69) is 20.0 Å². The van der Waals surface area contributed by atoms with Crippen LogP contribution in [0, 0.1) is 0 Å². The molecule has 2 heterocycles. The Morgan fingerprint density at radius 2 is 1.74 bits per heavy atom. The maximum atomic E-state index is 13.7. The number of rotatable bonds is 7. The standard InChI is InChI=1S/C27H24ClN7O3S/c1-16(25-32-22-13-7-12-21(28)23(22)26(36)35(25)19-10-4-3-5-11-19)31-24-20(15-30-27(29)33-24)17-8-6-9-18(14-17)34-39(2,37)38/h3-16,34H,1-2H3,(H3,29,30,31,33)/t16-/m0/s1. The van der Waals surface area contributed by atoms with Gasteiger partial charge in [0.2, 0.25) is 16.0 Å². The molecule has 0 saturated carbocycles. The first kappa shape index (κ1) is 26.1. The molecule has 5 aromatic rings. The summed E-state index contributed by atoms with van der Waals surface area (Å²) in [7, 11) is -3.47. The van der Waals surface area contributed by atoms with E-state index in [1.54, 1.807) is 48.7 Å². The van der Waals surface area contributed by atoms with Crippen LogP contribution in [0.1, 0.15) is 18.8 Å². The first-order valence-corrected chi connectivity index (χ1v) is 14.1. The third-order valence-corrected chi connectivity index (χ3v) is 6.83. The lowest BCUT2D eigenvalue weighted by atomic mass is 10.1.